The Labute approximate surface area is 218 Å². The van der Waals surface area contributed by atoms with Gasteiger partial charge in [-0.3, -0.25) is 13.9 Å². The summed E-state index contributed by atoms with van der Waals surface area (Å²) in [7, 11) is -17.3. The van der Waals surface area contributed by atoms with Crippen LogP contribution in [0, 0.1) is 5.92 Å². The van der Waals surface area contributed by atoms with Crippen molar-refractivity contribution in [1.29, 1.82) is 0 Å². The van der Waals surface area contributed by atoms with Gasteiger partial charge in [-0.1, -0.05) is 13.8 Å². The van der Waals surface area contributed by atoms with E-state index in [1.807, 2.05) is 0 Å². The van der Waals surface area contributed by atoms with Crippen LogP contribution in [0.3, 0.4) is 0 Å². The Balaban J connectivity index is 2.42. The number of nitrogens with zero attached hydrogens (tertiary/aromatic N) is 2. The maximum Gasteiger partial charge on any atom is 0.490 e. The zero-order chi connectivity index (χ0) is 29.3. The average molecular weight is 633 g/mol. The fourth-order valence-electron chi connectivity index (χ4n) is 3.05. The predicted molar refractivity (Wildman–Crippen MR) is 124 cm³/mol. The highest BCUT2D eigenvalue weighted by atomic mass is 35.5. The first-order valence-corrected chi connectivity index (χ1v) is 15.2. The lowest BCUT2D eigenvalue weighted by Gasteiger charge is -2.32. The number of nitrogens with two attached hydrogens (primary N) is 2. The number of nitrogen functional groups attached to an aromatic ring is 1. The molecule has 3 unspecified atom stereocenters. The van der Waals surface area contributed by atoms with E-state index in [-0.39, 0.29) is 5.82 Å². The molecule has 0 aromatic carbocycles. The van der Waals surface area contributed by atoms with E-state index in [9.17, 15) is 33.1 Å². The molecule has 0 bridgehead atoms. The molecule has 8 N–H and O–H groups in total. The fraction of sp³-hybridized carbons (Fsp3) is 0.667. The summed E-state index contributed by atoms with van der Waals surface area (Å²) in [6, 6.07) is -0.159. The number of rotatable bonds is 12. The zero-order valence-electron chi connectivity index (χ0n) is 19.5. The van der Waals surface area contributed by atoms with E-state index in [1.165, 1.54) is 0 Å². The molecule has 38 heavy (non-hydrogen) atoms. The molecule has 0 radical (unpaired) electrons. The minimum Gasteiger partial charge on any atom is -0.455 e. The number of phosphoric acid groups is 3. The molecule has 0 spiro atoms. The van der Waals surface area contributed by atoms with Crippen molar-refractivity contribution in [2.24, 2.45) is 11.7 Å². The summed E-state index contributed by atoms with van der Waals surface area (Å²) in [4.78, 5) is 64.6. The predicted octanol–water partition coefficient (Wildman–Crippen LogP) is -0.0916. The molecular weight excluding hydrogens is 608 g/mol. The van der Waals surface area contributed by atoms with Crippen molar-refractivity contribution in [2.75, 3.05) is 18.2 Å². The molecule has 1 fully saturated rings. The quantitative estimate of drug-likeness (QED) is 0.0996. The van der Waals surface area contributed by atoms with Crippen molar-refractivity contribution in [3.05, 3.63) is 22.7 Å². The van der Waals surface area contributed by atoms with E-state index in [1.54, 1.807) is 13.8 Å². The second-order valence-electron chi connectivity index (χ2n) is 8.19. The van der Waals surface area contributed by atoms with E-state index in [2.05, 4.69) is 18.1 Å². The minimum atomic E-state index is -5.89. The van der Waals surface area contributed by atoms with Crippen LogP contribution in [0.2, 0.25) is 0 Å². The van der Waals surface area contributed by atoms with Gasteiger partial charge in [0.15, 0.2) is 18.5 Å². The number of halogens is 2. The molecular formula is C15H25ClFN4O14P3. The minimum absolute atomic E-state index is 0.221. The number of esters is 1. The molecule has 1 aromatic rings. The van der Waals surface area contributed by atoms with Crippen LogP contribution in [0.5, 0.6) is 0 Å². The maximum absolute atomic E-state index is 15.7. The first-order chi connectivity index (χ1) is 17.2. The second kappa shape index (κ2) is 12.1. The lowest BCUT2D eigenvalue weighted by Crippen LogP contribution is -2.52. The molecule has 1 aromatic heterocycles. The van der Waals surface area contributed by atoms with Crippen molar-refractivity contribution >= 4 is 46.9 Å². The van der Waals surface area contributed by atoms with Gasteiger partial charge in [-0.2, -0.15) is 13.6 Å². The van der Waals surface area contributed by atoms with Crippen LogP contribution in [0.15, 0.2) is 17.1 Å². The molecule has 23 heteroatoms. The van der Waals surface area contributed by atoms with Crippen LogP contribution >= 0.6 is 35.1 Å². The number of hydrogen-bond donors (Lipinski definition) is 6. The highest BCUT2D eigenvalue weighted by Gasteiger charge is 2.60. The van der Waals surface area contributed by atoms with Gasteiger partial charge in [0, 0.05) is 6.20 Å². The van der Waals surface area contributed by atoms with E-state index in [4.69, 9.17) is 42.3 Å². The number of hydrogen-bond acceptors (Lipinski definition) is 13. The monoisotopic (exact) mass is 632 g/mol. The summed E-state index contributed by atoms with van der Waals surface area (Å²) >= 11 is 5.96. The summed E-state index contributed by atoms with van der Waals surface area (Å²) in [5.74, 6) is -2.69. The maximum atomic E-state index is 15.7. The van der Waals surface area contributed by atoms with E-state index >= 15 is 4.39 Å². The van der Waals surface area contributed by atoms with Crippen LogP contribution in [0.4, 0.5) is 10.2 Å². The van der Waals surface area contributed by atoms with Crippen LogP contribution < -0.4 is 17.2 Å². The Hall–Kier alpha value is -1.30. The second-order valence-corrected chi connectivity index (χ2v) is 12.9. The zero-order valence-corrected chi connectivity index (χ0v) is 22.9. The number of ether oxygens (including phenoxy) is 2. The molecule has 1 aliphatic heterocycles. The normalized spacial score (nSPS) is 28.0. The van der Waals surface area contributed by atoms with Crippen LogP contribution in [0.1, 0.15) is 20.1 Å². The molecule has 218 valence electrons. The molecule has 0 aliphatic carbocycles. The highest BCUT2D eigenvalue weighted by molar-refractivity contribution is 7.66. The fourth-order valence-corrected chi connectivity index (χ4v) is 6.42. The Bertz CT molecular complexity index is 1230. The summed E-state index contributed by atoms with van der Waals surface area (Å²) < 4.78 is 73.4. The summed E-state index contributed by atoms with van der Waals surface area (Å²) in [6.45, 7) is 1.80. The first kappa shape index (κ1) is 32.9. The topological polar surface area (TPSA) is 282 Å². The van der Waals surface area contributed by atoms with Gasteiger partial charge < -0.3 is 40.5 Å². The Kier molecular flexibility index (Phi) is 10.4. The summed E-state index contributed by atoms with van der Waals surface area (Å²) in [5, 5.41) is 0. The van der Waals surface area contributed by atoms with Crippen molar-refractivity contribution < 1.29 is 65.1 Å². The molecule has 7 atom stereocenters. The number of alkyl halides is 2. The standard InChI is InChI=1S/C15H25ClFN4O14P3/c1-7(2)10(19)13(22)32-11-9(17)12(21-4-3-8(18)20-14(21)23)33-15(11,5-16)6-31-37(27,28)35-38(29,30)34-36(24,25)26/h3-4,7,9-12H,5-6,19H2,1-2H3,(H,27,28)(H,29,30)(H2,18,20,23)(H2,24,25,26)/t9-,10?,11+,12-,15-/m1/s1. The largest absolute Gasteiger partial charge is 0.490 e. The average Bonchev–Trinajstić information content (AvgIpc) is 3.01. The third-order valence-corrected chi connectivity index (χ3v) is 9.14. The third-order valence-electron chi connectivity index (χ3n) is 4.91. The van der Waals surface area contributed by atoms with Gasteiger partial charge in [0.05, 0.1) is 12.5 Å². The van der Waals surface area contributed by atoms with Crippen molar-refractivity contribution in [1.82, 2.24) is 9.55 Å². The van der Waals surface area contributed by atoms with Gasteiger partial charge >= 0.3 is 35.1 Å². The molecule has 1 saturated heterocycles. The number of carbonyl (C=O) groups excluding carboxylic acids is 1. The van der Waals surface area contributed by atoms with E-state index < -0.39 is 83.7 Å². The molecule has 0 saturated carbocycles. The summed E-state index contributed by atoms with van der Waals surface area (Å²) in [6.07, 6.45) is -5.37. The molecule has 2 rings (SSSR count). The van der Waals surface area contributed by atoms with E-state index in [0.717, 1.165) is 12.3 Å². The van der Waals surface area contributed by atoms with Crippen molar-refractivity contribution in [3.63, 3.8) is 0 Å². The highest BCUT2D eigenvalue weighted by Crippen LogP contribution is 2.66. The van der Waals surface area contributed by atoms with Gasteiger partial charge in [-0.25, -0.2) is 22.9 Å². The van der Waals surface area contributed by atoms with Crippen molar-refractivity contribution in [3.8, 4) is 0 Å². The molecule has 0 amide bonds. The molecule has 1 aliphatic rings. The van der Waals surface area contributed by atoms with Gasteiger partial charge in [-0.05, 0) is 12.0 Å². The number of aromatic nitrogens is 2. The number of anilines is 1. The third kappa shape index (κ3) is 8.35. The summed E-state index contributed by atoms with van der Waals surface area (Å²) in [5.41, 5.74) is 7.69. The first-order valence-electron chi connectivity index (χ1n) is 10.2. The van der Waals surface area contributed by atoms with E-state index in [0.29, 0.717) is 4.57 Å². The van der Waals surface area contributed by atoms with Crippen LogP contribution in [0.25, 0.3) is 0 Å². The smallest absolute Gasteiger partial charge is 0.455 e. The van der Waals surface area contributed by atoms with Crippen molar-refractivity contribution in [2.45, 2.75) is 44.0 Å². The molecule has 2 heterocycles. The molecule has 18 nitrogen and oxygen atoms in total. The lowest BCUT2D eigenvalue weighted by molar-refractivity contribution is -0.166. The van der Waals surface area contributed by atoms with Gasteiger partial charge in [-0.15, -0.1) is 11.6 Å². The van der Waals surface area contributed by atoms with Gasteiger partial charge in [0.2, 0.25) is 0 Å². The Morgan fingerprint density at radius 1 is 1.26 bits per heavy atom. The Morgan fingerprint density at radius 3 is 2.37 bits per heavy atom. The Morgan fingerprint density at radius 2 is 1.87 bits per heavy atom. The van der Waals surface area contributed by atoms with Gasteiger partial charge in [0.25, 0.3) is 0 Å². The van der Waals surface area contributed by atoms with Gasteiger partial charge in [0.1, 0.15) is 17.5 Å². The SMILES string of the molecule is CC(C)C(N)C(=O)O[C@H]1[C@@H](F)[C@H](n2ccc(N)nc2=O)O[C@]1(CCl)COP(=O)(O)OP(=O)(O)OP(=O)(O)O. The number of phosphoric ester groups is 1. The lowest BCUT2D eigenvalue weighted by atomic mass is 9.98. The number of carbonyl (C=O) groups is 1. The van der Waals surface area contributed by atoms with Crippen LogP contribution in [-0.4, -0.2) is 71.5 Å². The van der Waals surface area contributed by atoms with Crippen LogP contribution in [-0.2, 0) is 41.1 Å².